The van der Waals surface area contributed by atoms with Crippen LogP contribution < -0.4 is 10.6 Å². The molecule has 0 aromatic heterocycles. The number of ether oxygens (including phenoxy) is 1. The number of hydrogen-bond acceptors (Lipinski definition) is 5. The van der Waals surface area contributed by atoms with E-state index < -0.39 is 4.92 Å². The number of nitro groups is 1. The molecule has 7 nitrogen and oxygen atoms in total. The van der Waals surface area contributed by atoms with Crippen LogP contribution in [-0.4, -0.2) is 37.6 Å². The maximum atomic E-state index is 11.6. The zero-order valence-corrected chi connectivity index (χ0v) is 11.9. The van der Waals surface area contributed by atoms with Crippen LogP contribution in [0.5, 0.6) is 0 Å². The highest BCUT2D eigenvalue weighted by Gasteiger charge is 2.16. The third-order valence-electron chi connectivity index (χ3n) is 2.71. The van der Waals surface area contributed by atoms with Gasteiger partial charge in [0.2, 0.25) is 0 Å². The van der Waals surface area contributed by atoms with Crippen LogP contribution in [0.3, 0.4) is 0 Å². The second-order valence-electron chi connectivity index (χ2n) is 4.18. The van der Waals surface area contributed by atoms with Crippen LogP contribution in [0.15, 0.2) is 30.9 Å². The van der Waals surface area contributed by atoms with E-state index in [9.17, 15) is 14.9 Å². The summed E-state index contributed by atoms with van der Waals surface area (Å²) in [7, 11) is 1.50. The van der Waals surface area contributed by atoms with Crippen LogP contribution in [0.4, 0.5) is 11.4 Å². The number of carbonyl (C=O) groups excluding carboxylic acids is 1. The number of hydrogen-bond donors (Lipinski definition) is 2. The average Bonchev–Trinajstić information content (AvgIpc) is 2.49. The predicted molar refractivity (Wildman–Crippen MR) is 80.6 cm³/mol. The summed E-state index contributed by atoms with van der Waals surface area (Å²) in [6.07, 6.45) is 2.51. The summed E-state index contributed by atoms with van der Waals surface area (Å²) in [5, 5.41) is 16.4. The molecule has 0 aliphatic heterocycles. The minimum atomic E-state index is -0.492. The van der Waals surface area contributed by atoms with Gasteiger partial charge in [0.25, 0.3) is 11.6 Å². The molecule has 0 aliphatic rings. The lowest BCUT2D eigenvalue weighted by molar-refractivity contribution is -0.384. The predicted octanol–water partition coefficient (Wildman–Crippen LogP) is 1.96. The first-order valence-corrected chi connectivity index (χ1v) is 6.53. The van der Waals surface area contributed by atoms with E-state index in [2.05, 4.69) is 17.2 Å². The molecular weight excluding hydrogens is 274 g/mol. The van der Waals surface area contributed by atoms with Crippen molar-refractivity contribution in [1.82, 2.24) is 5.32 Å². The fourth-order valence-electron chi connectivity index (χ4n) is 1.65. The van der Waals surface area contributed by atoms with Crippen molar-refractivity contribution in [1.29, 1.82) is 0 Å². The first-order valence-electron chi connectivity index (χ1n) is 6.53. The number of amides is 1. The highest BCUT2D eigenvalue weighted by molar-refractivity contribution is 5.95. The van der Waals surface area contributed by atoms with E-state index in [1.165, 1.54) is 25.2 Å². The highest BCUT2D eigenvalue weighted by atomic mass is 16.6. The van der Waals surface area contributed by atoms with E-state index in [1.807, 2.05) is 0 Å². The molecule has 0 saturated carbocycles. The maximum absolute atomic E-state index is 11.6. The Balaban J connectivity index is 2.70. The fourth-order valence-corrected chi connectivity index (χ4v) is 1.65. The zero-order chi connectivity index (χ0) is 15.7. The quantitative estimate of drug-likeness (QED) is 0.314. The minimum absolute atomic E-state index is 0.0752. The molecule has 0 atom stereocenters. The van der Waals surface area contributed by atoms with E-state index >= 15 is 0 Å². The molecule has 0 saturated heterocycles. The summed E-state index contributed by atoms with van der Waals surface area (Å²) < 4.78 is 5.31. The van der Waals surface area contributed by atoms with Crippen molar-refractivity contribution < 1.29 is 14.5 Å². The molecule has 7 heteroatoms. The fraction of sp³-hybridized carbons (Fsp3) is 0.357. The lowest BCUT2D eigenvalue weighted by Crippen LogP contribution is -2.18. The molecule has 0 fully saturated rings. The Bertz CT molecular complexity index is 517. The molecule has 1 amide bonds. The van der Waals surface area contributed by atoms with Crippen molar-refractivity contribution in [2.45, 2.75) is 6.42 Å². The maximum Gasteiger partial charge on any atom is 0.292 e. The first kappa shape index (κ1) is 16.6. The number of anilines is 1. The topological polar surface area (TPSA) is 93.5 Å². The van der Waals surface area contributed by atoms with Gasteiger partial charge in [-0.25, -0.2) is 0 Å². The molecule has 0 spiro atoms. The molecule has 21 heavy (non-hydrogen) atoms. The van der Waals surface area contributed by atoms with E-state index in [-0.39, 0.29) is 11.6 Å². The largest absolute Gasteiger partial charge is 0.379 e. The number of nitrogens with zero attached hydrogens (tertiary/aromatic N) is 1. The van der Waals surface area contributed by atoms with Crippen molar-refractivity contribution in [3.8, 4) is 0 Å². The molecule has 0 aliphatic carbocycles. The molecular formula is C14H19N3O4. The summed E-state index contributed by atoms with van der Waals surface area (Å²) in [5.74, 6) is -0.296. The number of rotatable bonds is 9. The van der Waals surface area contributed by atoms with Gasteiger partial charge in [0.1, 0.15) is 5.69 Å². The van der Waals surface area contributed by atoms with Gasteiger partial charge < -0.3 is 15.4 Å². The van der Waals surface area contributed by atoms with Crippen molar-refractivity contribution in [2.24, 2.45) is 0 Å². The van der Waals surface area contributed by atoms with Crippen LogP contribution in [0.1, 0.15) is 16.8 Å². The molecule has 2 N–H and O–H groups in total. The molecule has 0 unspecified atom stereocenters. The van der Waals surface area contributed by atoms with Gasteiger partial charge in [0, 0.05) is 25.2 Å². The summed E-state index contributed by atoms with van der Waals surface area (Å²) >= 11 is 0. The van der Waals surface area contributed by atoms with E-state index in [4.69, 9.17) is 4.74 Å². The Morgan fingerprint density at radius 2 is 2.24 bits per heavy atom. The second kappa shape index (κ2) is 8.70. The van der Waals surface area contributed by atoms with Gasteiger partial charge in [-0.3, -0.25) is 14.9 Å². The molecule has 1 aromatic carbocycles. The lowest BCUT2D eigenvalue weighted by atomic mass is 10.1. The SMILES string of the molecule is C=CCCOCCNc1cc(C(=O)NC)ccc1[N+](=O)[O-]. The van der Waals surface area contributed by atoms with Crippen LogP contribution in [-0.2, 0) is 4.74 Å². The molecule has 114 valence electrons. The standard InChI is InChI=1S/C14H19N3O4/c1-3-4-8-21-9-7-16-12-10-11(14(18)15-2)5-6-13(12)17(19)20/h3,5-6,10,16H,1,4,7-9H2,2H3,(H,15,18). The molecule has 1 aromatic rings. The molecule has 1 rings (SSSR count). The highest BCUT2D eigenvalue weighted by Crippen LogP contribution is 2.25. The Kier molecular flexibility index (Phi) is 6.90. The number of nitrogens with one attached hydrogen (secondary N) is 2. The third kappa shape index (κ3) is 5.23. The lowest BCUT2D eigenvalue weighted by Gasteiger charge is -2.09. The van der Waals surface area contributed by atoms with Crippen LogP contribution in [0, 0.1) is 10.1 Å². The number of carbonyl (C=O) groups is 1. The van der Waals surface area contributed by atoms with E-state index in [0.717, 1.165) is 6.42 Å². The molecule has 0 radical (unpaired) electrons. The van der Waals surface area contributed by atoms with Crippen molar-refractivity contribution >= 4 is 17.3 Å². The van der Waals surface area contributed by atoms with Gasteiger partial charge in [-0.15, -0.1) is 6.58 Å². The average molecular weight is 293 g/mol. The van der Waals surface area contributed by atoms with Crippen LogP contribution in [0.25, 0.3) is 0 Å². The van der Waals surface area contributed by atoms with Crippen molar-refractivity contribution in [3.63, 3.8) is 0 Å². The van der Waals surface area contributed by atoms with Crippen molar-refractivity contribution in [2.75, 3.05) is 32.1 Å². The van der Waals surface area contributed by atoms with Gasteiger partial charge in [0.05, 0.1) is 18.1 Å². The van der Waals surface area contributed by atoms with E-state index in [0.29, 0.717) is 31.0 Å². The van der Waals surface area contributed by atoms with Gasteiger partial charge in [-0.2, -0.15) is 0 Å². The van der Waals surface area contributed by atoms with Crippen molar-refractivity contribution in [3.05, 3.63) is 46.5 Å². The summed E-state index contributed by atoms with van der Waals surface area (Å²) in [5.41, 5.74) is 0.584. The van der Waals surface area contributed by atoms with Crippen LogP contribution >= 0.6 is 0 Å². The van der Waals surface area contributed by atoms with E-state index in [1.54, 1.807) is 6.08 Å². The minimum Gasteiger partial charge on any atom is -0.379 e. The normalized spacial score (nSPS) is 9.95. The second-order valence-corrected chi connectivity index (χ2v) is 4.18. The molecule has 0 bridgehead atoms. The Morgan fingerprint density at radius 3 is 2.86 bits per heavy atom. The summed E-state index contributed by atoms with van der Waals surface area (Å²) in [4.78, 5) is 22.0. The first-order chi connectivity index (χ1) is 10.1. The number of benzene rings is 1. The Hall–Kier alpha value is -2.41. The number of nitro benzene ring substituents is 1. The zero-order valence-electron chi connectivity index (χ0n) is 11.9. The molecule has 0 heterocycles. The van der Waals surface area contributed by atoms with Gasteiger partial charge in [-0.05, 0) is 18.6 Å². The van der Waals surface area contributed by atoms with Gasteiger partial charge >= 0.3 is 0 Å². The third-order valence-corrected chi connectivity index (χ3v) is 2.71. The Morgan fingerprint density at radius 1 is 1.48 bits per heavy atom. The van der Waals surface area contributed by atoms with Crippen LogP contribution in [0.2, 0.25) is 0 Å². The van der Waals surface area contributed by atoms with Gasteiger partial charge in [-0.1, -0.05) is 6.08 Å². The smallest absolute Gasteiger partial charge is 0.292 e. The monoisotopic (exact) mass is 293 g/mol. The summed E-state index contributed by atoms with van der Waals surface area (Å²) in [6.45, 7) is 4.97. The summed E-state index contributed by atoms with van der Waals surface area (Å²) in [6, 6.07) is 4.19. The Labute approximate surface area is 123 Å². The van der Waals surface area contributed by atoms with Gasteiger partial charge in [0.15, 0.2) is 0 Å².